The molecule has 1 aliphatic heterocycles. The Morgan fingerprint density at radius 3 is 2.30 bits per heavy atom. The lowest BCUT2D eigenvalue weighted by atomic mass is 10.1. The predicted molar refractivity (Wildman–Crippen MR) is 81.6 cm³/mol. The molecule has 3 nitrogen and oxygen atoms in total. The molecule has 108 valence electrons. The van der Waals surface area contributed by atoms with Gasteiger partial charge in [0, 0.05) is 6.08 Å². The molecule has 0 bridgehead atoms. The van der Waals surface area contributed by atoms with E-state index in [9.17, 15) is 4.79 Å². The molecule has 1 aromatic rings. The van der Waals surface area contributed by atoms with E-state index < -0.39 is 8.32 Å². The van der Waals surface area contributed by atoms with Gasteiger partial charge in [-0.1, -0.05) is 51.1 Å². The molecule has 0 amide bonds. The first-order valence-corrected chi connectivity index (χ1v) is 9.78. The molecule has 0 spiro atoms. The first-order chi connectivity index (χ1) is 9.21. The molecule has 0 aromatic heterocycles. The van der Waals surface area contributed by atoms with Gasteiger partial charge in [0.25, 0.3) is 8.32 Å². The van der Waals surface area contributed by atoms with E-state index in [0.717, 1.165) is 5.56 Å². The van der Waals surface area contributed by atoms with E-state index >= 15 is 0 Å². The van der Waals surface area contributed by atoms with Crippen LogP contribution in [0.25, 0.3) is 0 Å². The minimum absolute atomic E-state index is 0.0545. The molecule has 1 aliphatic rings. The summed E-state index contributed by atoms with van der Waals surface area (Å²) in [4.78, 5) is 12.0. The van der Waals surface area contributed by atoms with Crippen LogP contribution in [-0.2, 0) is 14.0 Å². The summed E-state index contributed by atoms with van der Waals surface area (Å²) in [6.45, 7) is 10.7. The van der Waals surface area contributed by atoms with Crippen molar-refractivity contribution < 1.29 is 14.0 Å². The second-order valence-electron chi connectivity index (χ2n) is 6.63. The lowest BCUT2D eigenvalue weighted by Crippen LogP contribution is -2.41. The van der Waals surface area contributed by atoms with Gasteiger partial charge in [-0.3, -0.25) is 0 Å². The molecule has 0 aliphatic carbocycles. The van der Waals surface area contributed by atoms with Crippen molar-refractivity contribution in [3.8, 4) is 0 Å². The zero-order valence-electron chi connectivity index (χ0n) is 12.8. The highest BCUT2D eigenvalue weighted by Gasteiger charge is 2.42. The van der Waals surface area contributed by atoms with Gasteiger partial charge in [0.2, 0.25) is 0 Å². The van der Waals surface area contributed by atoms with E-state index in [4.69, 9.17) is 9.16 Å². The van der Waals surface area contributed by atoms with E-state index in [2.05, 4.69) is 33.9 Å². The maximum absolute atomic E-state index is 12.0. The molecule has 0 saturated heterocycles. The van der Waals surface area contributed by atoms with Gasteiger partial charge in [0.1, 0.15) is 6.10 Å². The van der Waals surface area contributed by atoms with Crippen LogP contribution in [-0.4, -0.2) is 14.3 Å². The van der Waals surface area contributed by atoms with Crippen LogP contribution in [0.15, 0.2) is 42.2 Å². The number of hydrogen-bond acceptors (Lipinski definition) is 3. The lowest BCUT2D eigenvalue weighted by molar-refractivity contribution is -0.142. The molecular formula is C16H22O3Si. The second-order valence-corrected chi connectivity index (χ2v) is 11.4. The van der Waals surface area contributed by atoms with Gasteiger partial charge >= 0.3 is 5.97 Å². The van der Waals surface area contributed by atoms with Crippen molar-refractivity contribution in [2.75, 3.05) is 0 Å². The molecular weight excluding hydrogens is 268 g/mol. The maximum atomic E-state index is 12.0. The zero-order chi connectivity index (χ0) is 15.0. The highest BCUT2D eigenvalue weighted by Crippen LogP contribution is 2.39. The van der Waals surface area contributed by atoms with Crippen molar-refractivity contribution in [1.29, 1.82) is 0 Å². The third-order valence-electron chi connectivity index (χ3n) is 4.04. The Labute approximate surface area is 121 Å². The standard InChI is InChI=1S/C16H22O3Si/c1-16(2,3)20(4,5)19-14-11-13(18-15(14)17)12-9-7-6-8-10-12/h6-11,13H,1-5H3/t13-/m0/s1. The third-order valence-corrected chi connectivity index (χ3v) is 8.38. The second kappa shape index (κ2) is 5.09. The number of benzene rings is 1. The fourth-order valence-corrected chi connectivity index (χ4v) is 2.73. The summed E-state index contributed by atoms with van der Waals surface area (Å²) in [6, 6.07) is 9.71. The highest BCUT2D eigenvalue weighted by molar-refractivity contribution is 6.74. The summed E-state index contributed by atoms with van der Waals surface area (Å²) in [6.07, 6.45) is 1.46. The van der Waals surface area contributed by atoms with Crippen LogP contribution in [0.2, 0.25) is 18.1 Å². The van der Waals surface area contributed by atoms with Gasteiger partial charge < -0.3 is 9.16 Å². The number of cyclic esters (lactones) is 1. The Morgan fingerprint density at radius 1 is 1.15 bits per heavy atom. The summed E-state index contributed by atoms with van der Waals surface area (Å²) < 4.78 is 11.4. The van der Waals surface area contributed by atoms with Gasteiger partial charge in [0.05, 0.1) is 0 Å². The fraction of sp³-hybridized carbons (Fsp3) is 0.438. The molecule has 4 heteroatoms. The Morgan fingerprint density at radius 2 is 1.75 bits per heavy atom. The molecule has 1 aromatic carbocycles. The molecule has 0 saturated carbocycles. The van der Waals surface area contributed by atoms with Crippen LogP contribution in [0.3, 0.4) is 0 Å². The number of carbonyl (C=O) groups is 1. The van der Waals surface area contributed by atoms with Gasteiger partial charge in [-0.15, -0.1) is 0 Å². The van der Waals surface area contributed by atoms with E-state index in [-0.39, 0.29) is 17.1 Å². The predicted octanol–water partition coefficient (Wildman–Crippen LogP) is 4.19. The lowest BCUT2D eigenvalue weighted by Gasteiger charge is -2.36. The topological polar surface area (TPSA) is 35.5 Å². The van der Waals surface area contributed by atoms with Gasteiger partial charge in [-0.25, -0.2) is 4.79 Å². The Bertz CT molecular complexity index is 526. The smallest absolute Gasteiger partial charge is 0.372 e. The number of hydrogen-bond donors (Lipinski definition) is 0. The Balaban J connectivity index is 2.19. The first kappa shape index (κ1) is 14.8. The molecule has 1 heterocycles. The van der Waals surface area contributed by atoms with Gasteiger partial charge in [0.15, 0.2) is 5.76 Å². The molecule has 20 heavy (non-hydrogen) atoms. The van der Waals surface area contributed by atoms with E-state index in [0.29, 0.717) is 5.76 Å². The van der Waals surface area contributed by atoms with E-state index in [1.165, 1.54) is 0 Å². The molecule has 1 atom stereocenters. The zero-order valence-corrected chi connectivity index (χ0v) is 13.8. The van der Waals surface area contributed by atoms with Crippen LogP contribution in [0.5, 0.6) is 0 Å². The number of carbonyl (C=O) groups excluding carboxylic acids is 1. The molecule has 0 unspecified atom stereocenters. The summed E-state index contributed by atoms with van der Waals surface area (Å²) in [7, 11) is -2.01. The fourth-order valence-electron chi connectivity index (χ4n) is 1.72. The average Bonchev–Trinajstić information content (AvgIpc) is 2.70. The van der Waals surface area contributed by atoms with Crippen molar-refractivity contribution in [2.24, 2.45) is 0 Å². The van der Waals surface area contributed by atoms with Crippen LogP contribution in [0.1, 0.15) is 32.4 Å². The van der Waals surface area contributed by atoms with Crippen molar-refractivity contribution in [2.45, 2.75) is 45.0 Å². The Hall–Kier alpha value is -1.55. The Kier molecular flexibility index (Phi) is 3.78. The van der Waals surface area contributed by atoms with Gasteiger partial charge in [-0.2, -0.15) is 0 Å². The number of rotatable bonds is 3. The van der Waals surface area contributed by atoms with Crippen LogP contribution in [0, 0.1) is 0 Å². The number of ether oxygens (including phenoxy) is 1. The van der Waals surface area contributed by atoms with E-state index in [1.807, 2.05) is 30.3 Å². The van der Waals surface area contributed by atoms with Crippen molar-refractivity contribution >= 4 is 14.3 Å². The minimum atomic E-state index is -2.01. The van der Waals surface area contributed by atoms with Crippen LogP contribution < -0.4 is 0 Å². The van der Waals surface area contributed by atoms with Crippen LogP contribution >= 0.6 is 0 Å². The highest BCUT2D eigenvalue weighted by atomic mass is 28.4. The average molecular weight is 290 g/mol. The number of esters is 1. The molecule has 0 N–H and O–H groups in total. The summed E-state index contributed by atoms with van der Waals surface area (Å²) >= 11 is 0. The van der Waals surface area contributed by atoms with Crippen molar-refractivity contribution in [1.82, 2.24) is 0 Å². The molecule has 0 fully saturated rings. The van der Waals surface area contributed by atoms with Crippen molar-refractivity contribution in [3.05, 3.63) is 47.7 Å². The van der Waals surface area contributed by atoms with Crippen LogP contribution in [0.4, 0.5) is 0 Å². The monoisotopic (exact) mass is 290 g/mol. The van der Waals surface area contributed by atoms with Gasteiger partial charge in [-0.05, 0) is 23.7 Å². The normalized spacial score (nSPS) is 19.6. The van der Waals surface area contributed by atoms with Crippen molar-refractivity contribution in [3.63, 3.8) is 0 Å². The summed E-state index contributed by atoms with van der Waals surface area (Å²) in [5, 5.41) is 0.0545. The quantitative estimate of drug-likeness (QED) is 0.618. The molecule has 0 radical (unpaired) electrons. The molecule has 2 rings (SSSR count). The first-order valence-electron chi connectivity index (χ1n) is 6.87. The minimum Gasteiger partial charge on any atom is -0.539 e. The van der Waals surface area contributed by atoms with E-state index in [1.54, 1.807) is 6.08 Å². The summed E-state index contributed by atoms with van der Waals surface area (Å²) in [5.74, 6) is 0.00845. The largest absolute Gasteiger partial charge is 0.539 e. The summed E-state index contributed by atoms with van der Waals surface area (Å²) in [5.41, 5.74) is 0.967. The SMILES string of the molecule is CC(C)(C)[Si](C)(C)OC1=C[C@@H](c2ccccc2)OC1=O. The third kappa shape index (κ3) is 2.95. The maximum Gasteiger partial charge on any atom is 0.372 e.